The summed E-state index contributed by atoms with van der Waals surface area (Å²) >= 11 is 0. The molecule has 0 heterocycles. The highest BCUT2D eigenvalue weighted by Gasteiger charge is 2.33. The van der Waals surface area contributed by atoms with E-state index >= 15 is 0 Å². The van der Waals surface area contributed by atoms with Crippen molar-refractivity contribution in [1.82, 2.24) is 0 Å². The number of rotatable bonds is 19. The van der Waals surface area contributed by atoms with E-state index in [4.69, 9.17) is 5.11 Å². The van der Waals surface area contributed by atoms with Crippen LogP contribution in [0, 0.1) is 20.2 Å². The Hall–Kier alpha value is -1.93. The van der Waals surface area contributed by atoms with Crippen molar-refractivity contribution in [3.8, 4) is 0 Å². The Bertz CT molecular complexity index is 432. The molecule has 2 atom stereocenters. The lowest BCUT2D eigenvalue weighted by Crippen LogP contribution is -2.37. The zero-order valence-corrected chi connectivity index (χ0v) is 16.3. The third-order valence-corrected chi connectivity index (χ3v) is 4.65. The van der Waals surface area contributed by atoms with E-state index in [9.17, 15) is 25.0 Å². The molecule has 2 unspecified atom stereocenters. The minimum absolute atomic E-state index is 0.133. The molecular formula is C18H34N2O7. The van der Waals surface area contributed by atoms with E-state index in [0.717, 1.165) is 51.4 Å². The van der Waals surface area contributed by atoms with Gasteiger partial charge in [-0.2, -0.15) is 0 Å². The molecule has 27 heavy (non-hydrogen) atoms. The smallest absolute Gasteiger partial charge is 0.303 e. The Morgan fingerprint density at radius 1 is 0.889 bits per heavy atom. The first-order valence-corrected chi connectivity index (χ1v) is 10.0. The van der Waals surface area contributed by atoms with Crippen molar-refractivity contribution in [1.29, 1.82) is 0 Å². The number of carboxylic acid groups (broad SMARTS) is 1. The standard InChI is InChI=1S/C18H34N2O7/c1-2-3-4-5-8-11-14-17(27-20(25)26)16(19(23)24)13-10-7-6-9-12-15-18(21)22/h16-17H,2-15H2,1H3,(H,21,22). The molecule has 9 nitrogen and oxygen atoms in total. The van der Waals surface area contributed by atoms with Crippen molar-refractivity contribution in [2.75, 3.05) is 0 Å². The van der Waals surface area contributed by atoms with Gasteiger partial charge in [-0.25, -0.2) is 0 Å². The summed E-state index contributed by atoms with van der Waals surface area (Å²) in [5, 5.41) is 29.7. The zero-order chi connectivity index (χ0) is 20.5. The van der Waals surface area contributed by atoms with Crippen LogP contribution in [0.2, 0.25) is 0 Å². The third-order valence-electron chi connectivity index (χ3n) is 4.65. The monoisotopic (exact) mass is 390 g/mol. The first kappa shape index (κ1) is 25.1. The van der Waals surface area contributed by atoms with Crippen LogP contribution in [-0.4, -0.2) is 33.2 Å². The lowest BCUT2D eigenvalue weighted by molar-refractivity contribution is -0.778. The van der Waals surface area contributed by atoms with Crippen LogP contribution < -0.4 is 0 Å². The molecule has 0 aliphatic carbocycles. The third kappa shape index (κ3) is 14.9. The average Bonchev–Trinajstić information content (AvgIpc) is 2.58. The number of carbonyl (C=O) groups is 1. The highest BCUT2D eigenvalue weighted by atomic mass is 17.0. The van der Waals surface area contributed by atoms with E-state index in [0.29, 0.717) is 25.7 Å². The van der Waals surface area contributed by atoms with Crippen molar-refractivity contribution < 1.29 is 24.7 Å². The van der Waals surface area contributed by atoms with Crippen LogP contribution >= 0.6 is 0 Å². The summed E-state index contributed by atoms with van der Waals surface area (Å²) in [7, 11) is 0. The molecule has 0 aliphatic rings. The van der Waals surface area contributed by atoms with Gasteiger partial charge in [0.1, 0.15) is 0 Å². The van der Waals surface area contributed by atoms with Crippen LogP contribution in [0.4, 0.5) is 0 Å². The summed E-state index contributed by atoms with van der Waals surface area (Å²) in [6, 6.07) is -1.08. The normalized spacial score (nSPS) is 13.1. The molecular weight excluding hydrogens is 356 g/mol. The molecule has 0 radical (unpaired) electrons. The number of hydrogen-bond acceptors (Lipinski definition) is 6. The fourth-order valence-corrected chi connectivity index (χ4v) is 3.14. The second-order valence-corrected chi connectivity index (χ2v) is 6.98. The van der Waals surface area contributed by atoms with Gasteiger partial charge in [0.05, 0.1) is 0 Å². The fraction of sp³-hybridized carbons (Fsp3) is 0.944. The first-order chi connectivity index (χ1) is 12.9. The van der Waals surface area contributed by atoms with Gasteiger partial charge in [0.2, 0.25) is 6.04 Å². The van der Waals surface area contributed by atoms with Gasteiger partial charge in [-0.1, -0.05) is 64.7 Å². The molecule has 0 aliphatic heterocycles. The highest BCUT2D eigenvalue weighted by molar-refractivity contribution is 5.66. The van der Waals surface area contributed by atoms with Crippen molar-refractivity contribution >= 4 is 5.97 Å². The van der Waals surface area contributed by atoms with Crippen LogP contribution in [-0.2, 0) is 9.63 Å². The highest BCUT2D eigenvalue weighted by Crippen LogP contribution is 2.19. The van der Waals surface area contributed by atoms with Gasteiger partial charge in [0.15, 0.2) is 6.10 Å². The summed E-state index contributed by atoms with van der Waals surface area (Å²) < 4.78 is 0. The summed E-state index contributed by atoms with van der Waals surface area (Å²) in [6.45, 7) is 2.12. The van der Waals surface area contributed by atoms with E-state index < -0.39 is 28.1 Å². The van der Waals surface area contributed by atoms with E-state index in [-0.39, 0.29) is 12.8 Å². The van der Waals surface area contributed by atoms with E-state index in [2.05, 4.69) is 11.8 Å². The lowest BCUT2D eigenvalue weighted by atomic mass is 9.98. The van der Waals surface area contributed by atoms with Gasteiger partial charge in [0, 0.05) is 17.8 Å². The molecule has 0 aromatic carbocycles. The number of hydrogen-bond donors (Lipinski definition) is 1. The molecule has 1 N–H and O–H groups in total. The largest absolute Gasteiger partial charge is 0.481 e. The van der Waals surface area contributed by atoms with Gasteiger partial charge in [0.25, 0.3) is 5.09 Å². The second-order valence-electron chi connectivity index (χ2n) is 6.98. The first-order valence-electron chi connectivity index (χ1n) is 10.0. The maximum Gasteiger partial charge on any atom is 0.303 e. The Labute approximate surface area is 160 Å². The van der Waals surface area contributed by atoms with Gasteiger partial charge in [-0.05, 0) is 19.3 Å². The Morgan fingerprint density at radius 3 is 1.93 bits per heavy atom. The fourth-order valence-electron chi connectivity index (χ4n) is 3.14. The van der Waals surface area contributed by atoms with E-state index in [1.165, 1.54) is 0 Å². The molecule has 0 rings (SSSR count). The number of nitro groups is 1. The molecule has 158 valence electrons. The van der Waals surface area contributed by atoms with E-state index in [1.807, 2.05) is 0 Å². The van der Waals surface area contributed by atoms with Crippen LogP contribution in [0.1, 0.15) is 96.8 Å². The predicted molar refractivity (Wildman–Crippen MR) is 101 cm³/mol. The van der Waals surface area contributed by atoms with Gasteiger partial charge in [-0.15, -0.1) is 10.1 Å². The Kier molecular flexibility index (Phi) is 15.1. The van der Waals surface area contributed by atoms with Crippen molar-refractivity contribution in [2.45, 2.75) is 109 Å². The van der Waals surface area contributed by atoms with Crippen molar-refractivity contribution in [3.05, 3.63) is 20.2 Å². The number of nitrogens with zero attached hydrogens (tertiary/aromatic N) is 2. The Balaban J connectivity index is 4.29. The molecule has 0 fully saturated rings. The minimum Gasteiger partial charge on any atom is -0.481 e. The van der Waals surface area contributed by atoms with Crippen LogP contribution in [0.5, 0.6) is 0 Å². The van der Waals surface area contributed by atoms with Crippen LogP contribution in [0.15, 0.2) is 0 Å². The molecule has 0 saturated heterocycles. The zero-order valence-electron chi connectivity index (χ0n) is 16.3. The maximum absolute atomic E-state index is 11.4. The lowest BCUT2D eigenvalue weighted by Gasteiger charge is -2.19. The number of unbranched alkanes of at least 4 members (excludes halogenated alkanes) is 9. The second kappa shape index (κ2) is 16.3. The maximum atomic E-state index is 11.4. The number of aliphatic carboxylic acids is 1. The molecule has 0 aromatic rings. The summed E-state index contributed by atoms with van der Waals surface area (Å²) in [5.41, 5.74) is 0. The van der Waals surface area contributed by atoms with Gasteiger partial charge < -0.3 is 9.94 Å². The predicted octanol–water partition coefficient (Wildman–Crippen LogP) is 4.77. The van der Waals surface area contributed by atoms with Crippen molar-refractivity contribution in [2.24, 2.45) is 0 Å². The summed E-state index contributed by atoms with van der Waals surface area (Å²) in [4.78, 5) is 36.7. The minimum atomic E-state index is -1.08. The quantitative estimate of drug-likeness (QED) is 0.191. The van der Waals surface area contributed by atoms with E-state index in [1.54, 1.807) is 0 Å². The SMILES string of the molecule is CCCCCCCCC(O[N+](=O)[O-])C(CCCCCCCC(=O)O)[N+](=O)[O-]. The average molecular weight is 390 g/mol. The summed E-state index contributed by atoms with van der Waals surface area (Å²) in [5.74, 6) is -0.821. The van der Waals surface area contributed by atoms with Crippen molar-refractivity contribution in [3.63, 3.8) is 0 Å². The molecule has 9 heteroatoms. The summed E-state index contributed by atoms with van der Waals surface area (Å²) in [6.07, 6.45) is 9.16. The molecule has 0 spiro atoms. The molecule has 0 amide bonds. The van der Waals surface area contributed by atoms with Gasteiger partial charge >= 0.3 is 5.97 Å². The van der Waals surface area contributed by atoms with Crippen LogP contribution in [0.3, 0.4) is 0 Å². The molecule has 0 saturated carbocycles. The topological polar surface area (TPSA) is 133 Å². The Morgan fingerprint density at radius 2 is 1.41 bits per heavy atom. The van der Waals surface area contributed by atoms with Gasteiger partial charge in [-0.3, -0.25) is 14.9 Å². The molecule has 0 aromatic heterocycles. The van der Waals surface area contributed by atoms with Crippen LogP contribution in [0.25, 0.3) is 0 Å². The number of carboxylic acids is 1. The molecule has 0 bridgehead atoms.